The van der Waals surface area contributed by atoms with Crippen LogP contribution in [-0.2, 0) is 26.0 Å². The number of amides is 2. The molecule has 11 heteroatoms. The summed E-state index contributed by atoms with van der Waals surface area (Å²) < 4.78 is 38.6. The Morgan fingerprint density at radius 1 is 1.06 bits per heavy atom. The van der Waals surface area contributed by atoms with E-state index in [0.29, 0.717) is 41.5 Å². The quantitative estimate of drug-likeness (QED) is 0.605. The van der Waals surface area contributed by atoms with Crippen LogP contribution in [0.3, 0.4) is 0 Å². The van der Waals surface area contributed by atoms with Gasteiger partial charge in [0, 0.05) is 43.7 Å². The number of hydrogen-bond acceptors (Lipinski definition) is 6. The fourth-order valence-electron chi connectivity index (χ4n) is 4.95. The molecule has 1 saturated heterocycles. The van der Waals surface area contributed by atoms with Gasteiger partial charge in [0.2, 0.25) is 21.8 Å². The Bertz CT molecular complexity index is 1290. The number of piperidine rings is 1. The standard InChI is InChI=1S/C25H30ClN3O6S/c1-15-11-18-12-19(5-6-22(18)29(15)16(2)30)36(32,33)28-9-7-17(8-10-28)25(31)27-21-13-20(26)23(34-3)14-24(21)35-4/h5-6,12-15,17H,7-11H2,1-4H3,(H,27,31)/t15-/m0/s1. The average molecular weight is 536 g/mol. The second-order valence-electron chi connectivity index (χ2n) is 9.09. The normalized spacial score (nSPS) is 18.6. The molecular formula is C25H30ClN3O6S. The number of benzene rings is 2. The average Bonchev–Trinajstić information content (AvgIpc) is 3.19. The lowest BCUT2D eigenvalue weighted by Crippen LogP contribution is -2.41. The van der Waals surface area contributed by atoms with E-state index >= 15 is 0 Å². The van der Waals surface area contributed by atoms with Crippen molar-refractivity contribution in [3.63, 3.8) is 0 Å². The SMILES string of the molecule is COc1cc(OC)c(NC(=O)C2CCN(S(=O)(=O)c3ccc4c(c3)C[C@H](C)N4C(C)=O)CC2)cc1Cl. The van der Waals surface area contributed by atoms with Gasteiger partial charge in [-0.25, -0.2) is 8.42 Å². The molecule has 2 aromatic carbocycles. The van der Waals surface area contributed by atoms with Crippen LogP contribution in [0.25, 0.3) is 0 Å². The number of fused-ring (bicyclic) bond motifs is 1. The van der Waals surface area contributed by atoms with E-state index < -0.39 is 10.0 Å². The lowest BCUT2D eigenvalue weighted by Gasteiger charge is -2.30. The second-order valence-corrected chi connectivity index (χ2v) is 11.4. The molecular weight excluding hydrogens is 506 g/mol. The van der Waals surface area contributed by atoms with Crippen molar-refractivity contribution in [2.75, 3.05) is 37.5 Å². The molecule has 1 N–H and O–H groups in total. The van der Waals surface area contributed by atoms with Gasteiger partial charge in [0.15, 0.2) is 0 Å². The summed E-state index contributed by atoms with van der Waals surface area (Å²) in [7, 11) is -0.748. The largest absolute Gasteiger partial charge is 0.495 e. The van der Waals surface area contributed by atoms with E-state index in [1.807, 2.05) is 6.92 Å². The molecule has 1 fully saturated rings. The summed E-state index contributed by atoms with van der Waals surface area (Å²) >= 11 is 6.20. The number of rotatable bonds is 6. The Morgan fingerprint density at radius 2 is 1.72 bits per heavy atom. The molecule has 2 amide bonds. The Balaban J connectivity index is 1.43. The Hall–Kier alpha value is -2.82. The van der Waals surface area contributed by atoms with Gasteiger partial charge < -0.3 is 19.7 Å². The zero-order valence-electron chi connectivity index (χ0n) is 20.7. The van der Waals surface area contributed by atoms with Crippen molar-refractivity contribution >= 4 is 44.8 Å². The van der Waals surface area contributed by atoms with Crippen LogP contribution in [0, 0.1) is 5.92 Å². The third kappa shape index (κ3) is 4.89. The van der Waals surface area contributed by atoms with Crippen LogP contribution in [0.1, 0.15) is 32.3 Å². The maximum absolute atomic E-state index is 13.3. The fourth-order valence-corrected chi connectivity index (χ4v) is 6.71. The summed E-state index contributed by atoms with van der Waals surface area (Å²) in [6.07, 6.45) is 1.38. The van der Waals surface area contributed by atoms with Crippen LogP contribution in [0.2, 0.25) is 5.02 Å². The van der Waals surface area contributed by atoms with Crippen LogP contribution >= 0.6 is 11.6 Å². The molecule has 194 valence electrons. The van der Waals surface area contributed by atoms with Crippen molar-refractivity contribution in [3.8, 4) is 11.5 Å². The molecule has 0 saturated carbocycles. The van der Waals surface area contributed by atoms with Crippen LogP contribution in [0.4, 0.5) is 11.4 Å². The Kier molecular flexibility index (Phi) is 7.49. The van der Waals surface area contributed by atoms with Gasteiger partial charge in [0.25, 0.3) is 0 Å². The number of hydrogen-bond donors (Lipinski definition) is 1. The summed E-state index contributed by atoms with van der Waals surface area (Å²) in [6, 6.07) is 8.09. The third-order valence-electron chi connectivity index (χ3n) is 6.80. The predicted octanol–water partition coefficient (Wildman–Crippen LogP) is 3.69. The molecule has 0 bridgehead atoms. The second kappa shape index (κ2) is 10.3. The van der Waals surface area contributed by atoms with Crippen molar-refractivity contribution in [1.29, 1.82) is 0 Å². The number of anilines is 2. The molecule has 0 unspecified atom stereocenters. The third-order valence-corrected chi connectivity index (χ3v) is 8.99. The summed E-state index contributed by atoms with van der Waals surface area (Å²) in [4.78, 5) is 26.8. The topological polar surface area (TPSA) is 105 Å². The minimum absolute atomic E-state index is 0.0103. The van der Waals surface area contributed by atoms with Crippen LogP contribution in [0.5, 0.6) is 11.5 Å². The van der Waals surface area contributed by atoms with E-state index in [0.717, 1.165) is 11.3 Å². The van der Waals surface area contributed by atoms with E-state index in [1.165, 1.54) is 25.4 Å². The number of carbonyl (C=O) groups is 2. The van der Waals surface area contributed by atoms with Gasteiger partial charge in [-0.1, -0.05) is 11.6 Å². The molecule has 0 spiro atoms. The number of ether oxygens (including phenoxy) is 2. The first-order valence-corrected chi connectivity index (χ1v) is 13.5. The van der Waals surface area contributed by atoms with Crippen molar-refractivity contribution in [2.45, 2.75) is 44.0 Å². The zero-order valence-corrected chi connectivity index (χ0v) is 22.3. The lowest BCUT2D eigenvalue weighted by atomic mass is 9.97. The van der Waals surface area contributed by atoms with Crippen molar-refractivity contribution in [2.24, 2.45) is 5.92 Å². The molecule has 0 radical (unpaired) electrons. The van der Waals surface area contributed by atoms with E-state index in [2.05, 4.69) is 5.32 Å². The minimum Gasteiger partial charge on any atom is -0.495 e. The summed E-state index contributed by atoms with van der Waals surface area (Å²) in [5, 5.41) is 3.19. The van der Waals surface area contributed by atoms with E-state index in [-0.39, 0.29) is 41.8 Å². The molecule has 36 heavy (non-hydrogen) atoms. The Labute approximate surface area is 216 Å². The van der Waals surface area contributed by atoms with Gasteiger partial charge in [-0.05, 0) is 56.0 Å². The van der Waals surface area contributed by atoms with E-state index in [9.17, 15) is 18.0 Å². The maximum Gasteiger partial charge on any atom is 0.243 e. The number of carbonyl (C=O) groups excluding carboxylic acids is 2. The molecule has 2 aliphatic rings. The summed E-state index contributed by atoms with van der Waals surface area (Å²) in [5.74, 6) is 0.208. The molecule has 4 rings (SSSR count). The highest BCUT2D eigenvalue weighted by molar-refractivity contribution is 7.89. The minimum atomic E-state index is -3.72. The lowest BCUT2D eigenvalue weighted by molar-refractivity contribution is -0.121. The van der Waals surface area contributed by atoms with E-state index in [4.69, 9.17) is 21.1 Å². The molecule has 1 atom stereocenters. The number of halogens is 1. The van der Waals surface area contributed by atoms with Crippen LogP contribution in [-0.4, -0.2) is 57.9 Å². The fraction of sp³-hybridized carbons (Fsp3) is 0.440. The summed E-state index contributed by atoms with van der Waals surface area (Å²) in [6.45, 7) is 3.92. The van der Waals surface area contributed by atoms with Gasteiger partial charge in [-0.2, -0.15) is 4.31 Å². The van der Waals surface area contributed by atoms with Crippen LogP contribution in [0.15, 0.2) is 35.2 Å². The molecule has 2 aliphatic heterocycles. The molecule has 0 aromatic heterocycles. The first-order chi connectivity index (χ1) is 17.1. The van der Waals surface area contributed by atoms with Gasteiger partial charge in [0.1, 0.15) is 11.5 Å². The van der Waals surface area contributed by atoms with Crippen molar-refractivity contribution < 1.29 is 27.5 Å². The maximum atomic E-state index is 13.3. The highest BCUT2D eigenvalue weighted by atomic mass is 35.5. The van der Waals surface area contributed by atoms with Crippen LogP contribution < -0.4 is 19.7 Å². The predicted molar refractivity (Wildman–Crippen MR) is 137 cm³/mol. The van der Waals surface area contributed by atoms with Gasteiger partial charge in [-0.3, -0.25) is 9.59 Å². The summed E-state index contributed by atoms with van der Waals surface area (Å²) in [5.41, 5.74) is 2.04. The number of methoxy groups -OCH3 is 2. The highest BCUT2D eigenvalue weighted by Crippen LogP contribution is 2.37. The molecule has 2 heterocycles. The van der Waals surface area contributed by atoms with Crippen molar-refractivity contribution in [1.82, 2.24) is 4.31 Å². The zero-order chi connectivity index (χ0) is 26.2. The molecule has 0 aliphatic carbocycles. The van der Waals surface area contributed by atoms with Gasteiger partial charge in [0.05, 0.1) is 29.8 Å². The number of sulfonamides is 1. The first kappa shape index (κ1) is 26.2. The van der Waals surface area contributed by atoms with Gasteiger partial charge >= 0.3 is 0 Å². The number of nitrogens with one attached hydrogen (secondary N) is 1. The molecule has 9 nitrogen and oxygen atoms in total. The van der Waals surface area contributed by atoms with Crippen molar-refractivity contribution in [3.05, 3.63) is 40.9 Å². The molecule has 2 aromatic rings. The highest BCUT2D eigenvalue weighted by Gasteiger charge is 2.35. The monoisotopic (exact) mass is 535 g/mol. The number of nitrogens with zero attached hydrogens (tertiary/aromatic N) is 2. The van der Waals surface area contributed by atoms with Gasteiger partial charge in [-0.15, -0.1) is 0 Å². The Morgan fingerprint density at radius 3 is 2.33 bits per heavy atom. The first-order valence-electron chi connectivity index (χ1n) is 11.7. The smallest absolute Gasteiger partial charge is 0.243 e. The van der Waals surface area contributed by atoms with E-state index in [1.54, 1.807) is 35.2 Å².